The molecule has 1 fully saturated rings. The van der Waals surface area contributed by atoms with E-state index in [4.69, 9.17) is 0 Å². The zero-order valence-electron chi connectivity index (χ0n) is 10.9. The van der Waals surface area contributed by atoms with Crippen molar-refractivity contribution in [3.05, 3.63) is 29.8 Å². The fraction of sp³-hybridized carbons (Fsp3) is 0.571. The van der Waals surface area contributed by atoms with Gasteiger partial charge in [-0.05, 0) is 32.4 Å². The quantitative estimate of drug-likeness (QED) is 0.815. The smallest absolute Gasteiger partial charge is 0.0601 e. The number of aliphatic hydroxyl groups is 1. The molecule has 17 heavy (non-hydrogen) atoms. The van der Waals surface area contributed by atoms with E-state index in [0.29, 0.717) is 0 Å². The number of para-hydroxylation sites is 1. The van der Waals surface area contributed by atoms with Crippen LogP contribution in [0.15, 0.2) is 24.3 Å². The van der Waals surface area contributed by atoms with Crippen LogP contribution in [0.5, 0.6) is 0 Å². The maximum Gasteiger partial charge on any atom is 0.0601 e. The Kier molecular flexibility index (Phi) is 3.40. The Morgan fingerprint density at radius 3 is 2.76 bits per heavy atom. The van der Waals surface area contributed by atoms with Gasteiger partial charge in [0, 0.05) is 30.4 Å². The number of aryl methyl sites for hydroxylation is 1. The van der Waals surface area contributed by atoms with E-state index in [1.54, 1.807) is 0 Å². The molecule has 0 aliphatic carbocycles. The van der Waals surface area contributed by atoms with Crippen LogP contribution in [0.1, 0.15) is 19.4 Å². The van der Waals surface area contributed by atoms with Crippen LogP contribution in [-0.2, 0) is 0 Å². The van der Waals surface area contributed by atoms with E-state index in [9.17, 15) is 5.11 Å². The summed E-state index contributed by atoms with van der Waals surface area (Å²) in [7, 11) is 0. The monoisotopic (exact) mass is 234 g/mol. The van der Waals surface area contributed by atoms with Crippen molar-refractivity contribution in [2.24, 2.45) is 0 Å². The van der Waals surface area contributed by atoms with Gasteiger partial charge in [-0.3, -0.25) is 0 Å². The fourth-order valence-electron chi connectivity index (χ4n) is 2.43. The molecule has 3 heteroatoms. The van der Waals surface area contributed by atoms with Crippen molar-refractivity contribution < 1.29 is 5.11 Å². The Bertz CT molecular complexity index is 390. The minimum atomic E-state index is 0.0811. The number of hydrogen-bond donors (Lipinski definition) is 2. The fourth-order valence-corrected chi connectivity index (χ4v) is 2.43. The first-order valence-electron chi connectivity index (χ1n) is 6.22. The van der Waals surface area contributed by atoms with Gasteiger partial charge in [-0.25, -0.2) is 0 Å². The normalized spacial score (nSPS) is 23.8. The van der Waals surface area contributed by atoms with Crippen LogP contribution < -0.4 is 10.2 Å². The summed E-state index contributed by atoms with van der Waals surface area (Å²) in [5, 5.41) is 12.7. The molecule has 1 aromatic rings. The molecule has 3 nitrogen and oxygen atoms in total. The minimum absolute atomic E-state index is 0.0811. The predicted molar refractivity (Wildman–Crippen MR) is 71.5 cm³/mol. The van der Waals surface area contributed by atoms with Gasteiger partial charge in [0.05, 0.1) is 6.61 Å². The summed E-state index contributed by atoms with van der Waals surface area (Å²) in [5.41, 5.74) is 2.65. The second-order valence-electron chi connectivity index (χ2n) is 5.47. The molecule has 1 aliphatic heterocycles. The highest BCUT2D eigenvalue weighted by Gasteiger charge is 2.34. The van der Waals surface area contributed by atoms with Crippen LogP contribution >= 0.6 is 0 Å². The number of anilines is 1. The highest BCUT2D eigenvalue weighted by molar-refractivity contribution is 5.55. The molecule has 1 unspecified atom stereocenters. The maximum atomic E-state index is 9.31. The Labute approximate surface area is 103 Å². The standard InChI is InChI=1S/C14H22N2O/c1-11-6-4-5-7-13(11)16-8-12(9-17)15-10-14(16,2)3/h4-7,12,15,17H,8-10H2,1-3H3. The molecule has 1 aromatic carbocycles. The molecule has 2 N–H and O–H groups in total. The van der Waals surface area contributed by atoms with Crippen LogP contribution in [0.25, 0.3) is 0 Å². The van der Waals surface area contributed by atoms with Crippen LogP contribution in [0.4, 0.5) is 5.69 Å². The highest BCUT2D eigenvalue weighted by Crippen LogP contribution is 2.29. The lowest BCUT2D eigenvalue weighted by Crippen LogP contribution is -2.63. The van der Waals surface area contributed by atoms with E-state index in [2.05, 4.69) is 55.3 Å². The molecular weight excluding hydrogens is 212 g/mol. The third-order valence-electron chi connectivity index (χ3n) is 3.58. The van der Waals surface area contributed by atoms with Gasteiger partial charge in [-0.15, -0.1) is 0 Å². The zero-order chi connectivity index (χ0) is 12.5. The molecule has 1 aliphatic rings. The first-order chi connectivity index (χ1) is 8.04. The van der Waals surface area contributed by atoms with E-state index in [1.807, 2.05) is 0 Å². The van der Waals surface area contributed by atoms with Crippen molar-refractivity contribution in [1.82, 2.24) is 5.32 Å². The van der Waals surface area contributed by atoms with E-state index in [1.165, 1.54) is 11.3 Å². The van der Waals surface area contributed by atoms with E-state index in [0.717, 1.165) is 13.1 Å². The van der Waals surface area contributed by atoms with Gasteiger partial charge in [0.25, 0.3) is 0 Å². The molecular formula is C14H22N2O. The van der Waals surface area contributed by atoms with Crippen LogP contribution in [0, 0.1) is 6.92 Å². The molecule has 94 valence electrons. The average molecular weight is 234 g/mol. The summed E-state index contributed by atoms with van der Waals surface area (Å²) in [6.45, 7) is 8.56. The van der Waals surface area contributed by atoms with Crippen molar-refractivity contribution >= 4 is 5.69 Å². The predicted octanol–water partition coefficient (Wildman–Crippen LogP) is 1.54. The van der Waals surface area contributed by atoms with E-state index in [-0.39, 0.29) is 18.2 Å². The lowest BCUT2D eigenvalue weighted by molar-refractivity contribution is 0.210. The molecule has 1 saturated heterocycles. The van der Waals surface area contributed by atoms with Crippen LogP contribution in [0.3, 0.4) is 0 Å². The third kappa shape index (κ3) is 2.45. The van der Waals surface area contributed by atoms with Crippen molar-refractivity contribution in [3.63, 3.8) is 0 Å². The molecule has 1 heterocycles. The van der Waals surface area contributed by atoms with Gasteiger partial charge in [-0.2, -0.15) is 0 Å². The van der Waals surface area contributed by atoms with Crippen molar-refractivity contribution in [1.29, 1.82) is 0 Å². The number of piperazine rings is 1. The first kappa shape index (κ1) is 12.4. The summed E-state index contributed by atoms with van der Waals surface area (Å²) in [6, 6.07) is 8.62. The number of nitrogens with zero attached hydrogens (tertiary/aromatic N) is 1. The van der Waals surface area contributed by atoms with Crippen molar-refractivity contribution in [2.45, 2.75) is 32.4 Å². The lowest BCUT2D eigenvalue weighted by atomic mass is 9.95. The Balaban J connectivity index is 2.30. The van der Waals surface area contributed by atoms with Crippen LogP contribution in [-0.4, -0.2) is 36.4 Å². The average Bonchev–Trinajstić information content (AvgIpc) is 2.30. The SMILES string of the molecule is Cc1ccccc1N1CC(CO)NCC1(C)C. The van der Waals surface area contributed by atoms with Gasteiger partial charge >= 0.3 is 0 Å². The molecule has 0 bridgehead atoms. The second kappa shape index (κ2) is 4.67. The van der Waals surface area contributed by atoms with Gasteiger partial charge in [0.15, 0.2) is 0 Å². The van der Waals surface area contributed by atoms with Crippen molar-refractivity contribution in [2.75, 3.05) is 24.6 Å². The topological polar surface area (TPSA) is 35.5 Å². The highest BCUT2D eigenvalue weighted by atomic mass is 16.3. The maximum absolute atomic E-state index is 9.31. The molecule has 0 amide bonds. The molecule has 0 spiro atoms. The summed E-state index contributed by atoms with van der Waals surface area (Å²) in [4.78, 5) is 2.40. The Morgan fingerprint density at radius 1 is 1.41 bits per heavy atom. The first-order valence-corrected chi connectivity index (χ1v) is 6.22. The Hall–Kier alpha value is -1.06. The molecule has 0 saturated carbocycles. The van der Waals surface area contributed by atoms with E-state index < -0.39 is 0 Å². The number of aliphatic hydroxyl groups excluding tert-OH is 1. The van der Waals surface area contributed by atoms with E-state index >= 15 is 0 Å². The molecule has 2 rings (SSSR count). The summed E-state index contributed by atoms with van der Waals surface area (Å²) in [6.07, 6.45) is 0. The summed E-state index contributed by atoms with van der Waals surface area (Å²) < 4.78 is 0. The lowest BCUT2D eigenvalue weighted by Gasteiger charge is -2.47. The molecule has 0 radical (unpaired) electrons. The second-order valence-corrected chi connectivity index (χ2v) is 5.47. The number of nitrogens with one attached hydrogen (secondary N) is 1. The van der Waals surface area contributed by atoms with Gasteiger partial charge in [-0.1, -0.05) is 18.2 Å². The summed E-state index contributed by atoms with van der Waals surface area (Å²) in [5.74, 6) is 0. The van der Waals surface area contributed by atoms with Crippen molar-refractivity contribution in [3.8, 4) is 0 Å². The van der Waals surface area contributed by atoms with Gasteiger partial charge in [0.1, 0.15) is 0 Å². The number of hydrogen-bond acceptors (Lipinski definition) is 3. The zero-order valence-corrected chi connectivity index (χ0v) is 10.9. The largest absolute Gasteiger partial charge is 0.395 e. The third-order valence-corrected chi connectivity index (χ3v) is 3.58. The Morgan fingerprint density at radius 2 is 2.12 bits per heavy atom. The number of benzene rings is 1. The van der Waals surface area contributed by atoms with Gasteiger partial charge < -0.3 is 15.3 Å². The molecule has 1 atom stereocenters. The van der Waals surface area contributed by atoms with Crippen LogP contribution in [0.2, 0.25) is 0 Å². The minimum Gasteiger partial charge on any atom is -0.395 e. The summed E-state index contributed by atoms with van der Waals surface area (Å²) >= 11 is 0. The van der Waals surface area contributed by atoms with Gasteiger partial charge in [0.2, 0.25) is 0 Å². The molecule has 0 aromatic heterocycles. The number of rotatable bonds is 2.